The van der Waals surface area contributed by atoms with Gasteiger partial charge in [0.1, 0.15) is 11.5 Å². The van der Waals surface area contributed by atoms with Crippen molar-refractivity contribution in [3.8, 4) is 0 Å². The highest BCUT2D eigenvalue weighted by molar-refractivity contribution is 14.1. The van der Waals surface area contributed by atoms with Crippen LogP contribution < -0.4 is 4.90 Å². The predicted octanol–water partition coefficient (Wildman–Crippen LogP) is 5.26. The van der Waals surface area contributed by atoms with E-state index < -0.39 is 0 Å². The van der Waals surface area contributed by atoms with Crippen LogP contribution in [-0.2, 0) is 11.3 Å². The normalized spacial score (nSPS) is 15.9. The van der Waals surface area contributed by atoms with Gasteiger partial charge in [-0.25, -0.2) is 4.98 Å². The molecule has 1 aliphatic heterocycles. The molecule has 150 valence electrons. The molecule has 1 fully saturated rings. The van der Waals surface area contributed by atoms with Gasteiger partial charge in [0.25, 0.3) is 11.8 Å². The lowest BCUT2D eigenvalue weighted by Gasteiger charge is -2.25. The van der Waals surface area contributed by atoms with E-state index >= 15 is 0 Å². The third-order valence-corrected chi connectivity index (χ3v) is 6.71. The zero-order valence-corrected chi connectivity index (χ0v) is 19.2. The van der Waals surface area contributed by atoms with Crippen LogP contribution in [0.5, 0.6) is 0 Å². The van der Waals surface area contributed by atoms with Crippen LogP contribution in [0.25, 0.3) is 0 Å². The molecule has 1 aromatic carbocycles. The van der Waals surface area contributed by atoms with Crippen molar-refractivity contribution in [1.82, 2.24) is 9.88 Å². The van der Waals surface area contributed by atoms with Gasteiger partial charge in [-0.2, -0.15) is 0 Å². The van der Waals surface area contributed by atoms with E-state index in [1.54, 1.807) is 9.80 Å². The summed E-state index contributed by atoms with van der Waals surface area (Å²) in [4.78, 5) is 33.6. The molecule has 0 bridgehead atoms. The van der Waals surface area contributed by atoms with Crippen LogP contribution in [0.15, 0.2) is 35.9 Å². The Balaban J connectivity index is 1.86. The van der Waals surface area contributed by atoms with Gasteiger partial charge in [-0.1, -0.05) is 17.7 Å². The second kappa shape index (κ2) is 8.07. The van der Waals surface area contributed by atoms with Crippen LogP contribution >= 0.6 is 34.2 Å². The fourth-order valence-corrected chi connectivity index (χ4v) is 4.28. The number of aryl methyl sites for hydroxylation is 1. The highest BCUT2D eigenvalue weighted by atomic mass is 127. The van der Waals surface area contributed by atoms with Crippen molar-refractivity contribution in [1.29, 1.82) is 0 Å². The van der Waals surface area contributed by atoms with Gasteiger partial charge in [-0.15, -0.1) is 0 Å². The van der Waals surface area contributed by atoms with Crippen LogP contribution in [-0.4, -0.2) is 28.2 Å². The molecule has 7 heteroatoms. The van der Waals surface area contributed by atoms with Crippen molar-refractivity contribution in [2.75, 3.05) is 11.4 Å². The van der Waals surface area contributed by atoms with Crippen molar-refractivity contribution in [3.63, 3.8) is 0 Å². The molecular weight excluding hydrogens is 501 g/mol. The maximum atomic E-state index is 13.1. The summed E-state index contributed by atoms with van der Waals surface area (Å²) in [5.74, 6) is 0.511. The van der Waals surface area contributed by atoms with Gasteiger partial charge in [0.2, 0.25) is 0 Å². The Morgan fingerprint density at radius 3 is 2.79 bits per heavy atom. The number of hydrogen-bond acceptors (Lipinski definition) is 3. The topological polar surface area (TPSA) is 53.5 Å². The third-order valence-electron chi connectivity index (χ3n) is 5.42. The van der Waals surface area contributed by atoms with Gasteiger partial charge in [0.05, 0.1) is 5.69 Å². The first-order valence-electron chi connectivity index (χ1n) is 9.64. The summed E-state index contributed by atoms with van der Waals surface area (Å²) in [5, 5.41) is 0. The Morgan fingerprint density at radius 2 is 2.14 bits per heavy atom. The minimum absolute atomic E-state index is 0.0918. The molecule has 0 N–H and O–H groups in total. The van der Waals surface area contributed by atoms with E-state index in [-0.39, 0.29) is 11.8 Å². The first-order valence-corrected chi connectivity index (χ1v) is 11.2. The predicted molar refractivity (Wildman–Crippen MR) is 123 cm³/mol. The molecule has 0 saturated heterocycles. The van der Waals surface area contributed by atoms with Crippen LogP contribution in [0.1, 0.15) is 52.9 Å². The average molecular weight is 522 g/mol. The van der Waals surface area contributed by atoms with Crippen molar-refractivity contribution < 1.29 is 9.59 Å². The van der Waals surface area contributed by atoms with Crippen LogP contribution in [0, 0.1) is 10.5 Å². The largest absolute Gasteiger partial charge is 0.333 e. The number of carbonyl (C=O) groups excluding carboxylic acids is 2. The Bertz CT molecular complexity index is 1030. The third kappa shape index (κ3) is 3.80. The van der Waals surface area contributed by atoms with E-state index in [0.29, 0.717) is 30.5 Å². The first kappa shape index (κ1) is 20.3. The summed E-state index contributed by atoms with van der Waals surface area (Å²) in [6.45, 7) is 5.16. The Labute approximate surface area is 188 Å². The van der Waals surface area contributed by atoms with Crippen molar-refractivity contribution in [3.05, 3.63) is 61.8 Å². The molecule has 2 aromatic rings. The highest BCUT2D eigenvalue weighted by Gasteiger charge is 2.33. The summed E-state index contributed by atoms with van der Waals surface area (Å²) in [7, 11) is 0. The van der Waals surface area contributed by atoms with E-state index in [1.165, 1.54) is 15.2 Å². The number of rotatable bonds is 5. The zero-order valence-electron chi connectivity index (χ0n) is 16.3. The maximum absolute atomic E-state index is 13.1. The number of anilines is 2. The number of pyridine rings is 1. The SMILES string of the molecule is CCN1Cc2ccc(N(C(=O)/C=C\Cl)c3cc(C)c(I)cc3C3CC3)nc2C1=O. The minimum Gasteiger partial charge on any atom is -0.333 e. The summed E-state index contributed by atoms with van der Waals surface area (Å²) in [6.07, 6.45) is 3.54. The van der Waals surface area contributed by atoms with Gasteiger partial charge in [-0.3, -0.25) is 14.5 Å². The quantitative estimate of drug-likeness (QED) is 0.398. The fraction of sp³-hybridized carbons (Fsp3) is 0.318. The number of carbonyl (C=O) groups is 2. The Kier molecular flexibility index (Phi) is 5.66. The molecule has 1 aromatic heterocycles. The summed E-state index contributed by atoms with van der Waals surface area (Å²) < 4.78 is 1.17. The van der Waals surface area contributed by atoms with Crippen molar-refractivity contribution >= 4 is 57.5 Å². The Morgan fingerprint density at radius 1 is 1.38 bits per heavy atom. The molecule has 2 amide bonds. The second-order valence-corrected chi connectivity index (χ2v) is 8.81. The summed E-state index contributed by atoms with van der Waals surface area (Å²) >= 11 is 8.06. The molecule has 0 radical (unpaired) electrons. The zero-order chi connectivity index (χ0) is 20.7. The fourth-order valence-electron chi connectivity index (χ4n) is 3.68. The van der Waals surface area contributed by atoms with E-state index in [2.05, 4.69) is 33.6 Å². The van der Waals surface area contributed by atoms with Gasteiger partial charge in [0.15, 0.2) is 0 Å². The number of halogens is 2. The smallest absolute Gasteiger partial charge is 0.273 e. The number of nitrogens with zero attached hydrogens (tertiary/aromatic N) is 3. The van der Waals surface area contributed by atoms with E-state index in [9.17, 15) is 9.59 Å². The number of hydrogen-bond donors (Lipinski definition) is 0. The Hall–Kier alpha value is -1.93. The molecule has 4 rings (SSSR count). The molecule has 0 atom stereocenters. The van der Waals surface area contributed by atoms with Crippen LogP contribution in [0.3, 0.4) is 0 Å². The summed E-state index contributed by atoms with van der Waals surface area (Å²) in [6, 6.07) is 7.90. The number of fused-ring (bicyclic) bond motifs is 1. The summed E-state index contributed by atoms with van der Waals surface area (Å²) in [5.41, 5.74) is 5.57. The van der Waals surface area contributed by atoms with E-state index in [1.807, 2.05) is 32.0 Å². The van der Waals surface area contributed by atoms with Crippen molar-refractivity contribution in [2.45, 2.75) is 39.2 Å². The standard InChI is InChI=1S/C22H21ClIN3O2/c1-3-26-12-15-6-7-19(25-21(15)22(26)29)27(20(28)8-9-23)18-10-13(2)17(24)11-16(18)14-4-5-14/h6-11,14H,3-5,12H2,1-2H3/b9-8-. The molecular formula is C22H21ClIN3O2. The lowest BCUT2D eigenvalue weighted by Crippen LogP contribution is -2.27. The van der Waals surface area contributed by atoms with Gasteiger partial charge < -0.3 is 4.90 Å². The molecule has 1 aliphatic carbocycles. The first-order chi connectivity index (χ1) is 13.9. The molecule has 29 heavy (non-hydrogen) atoms. The second-order valence-electron chi connectivity index (χ2n) is 7.40. The van der Waals surface area contributed by atoms with Crippen LogP contribution in [0.4, 0.5) is 11.5 Å². The number of benzene rings is 1. The number of amides is 2. The molecule has 2 aliphatic rings. The van der Waals surface area contributed by atoms with Gasteiger partial charge in [-0.05, 0) is 84.5 Å². The molecule has 1 saturated carbocycles. The van der Waals surface area contributed by atoms with E-state index in [4.69, 9.17) is 11.6 Å². The van der Waals surface area contributed by atoms with E-state index in [0.717, 1.165) is 35.2 Å². The average Bonchev–Trinajstić information content (AvgIpc) is 3.49. The highest BCUT2D eigenvalue weighted by Crippen LogP contribution is 2.46. The maximum Gasteiger partial charge on any atom is 0.273 e. The van der Waals surface area contributed by atoms with Crippen LogP contribution in [0.2, 0.25) is 0 Å². The number of aromatic nitrogens is 1. The monoisotopic (exact) mass is 521 g/mol. The minimum atomic E-state index is -0.284. The van der Waals surface area contributed by atoms with Gasteiger partial charge in [0, 0.05) is 33.8 Å². The lowest BCUT2D eigenvalue weighted by atomic mass is 10.0. The van der Waals surface area contributed by atoms with Crippen molar-refractivity contribution in [2.24, 2.45) is 0 Å². The lowest BCUT2D eigenvalue weighted by molar-refractivity contribution is -0.113. The molecule has 0 spiro atoms. The van der Waals surface area contributed by atoms with Gasteiger partial charge >= 0.3 is 0 Å². The molecule has 0 unspecified atom stereocenters. The molecule has 5 nitrogen and oxygen atoms in total. The molecule has 2 heterocycles.